The van der Waals surface area contributed by atoms with Gasteiger partial charge in [0.05, 0.1) is 22.2 Å². The van der Waals surface area contributed by atoms with Crippen LogP contribution in [-0.2, 0) is 4.79 Å². The van der Waals surface area contributed by atoms with E-state index in [2.05, 4.69) is 20.1 Å². The topological polar surface area (TPSA) is 94.7 Å². The quantitative estimate of drug-likeness (QED) is 0.295. The van der Waals surface area contributed by atoms with Gasteiger partial charge >= 0.3 is 5.97 Å². The lowest BCUT2D eigenvalue weighted by Crippen LogP contribution is -2.58. The van der Waals surface area contributed by atoms with Crippen LogP contribution in [0.5, 0.6) is 0 Å². The van der Waals surface area contributed by atoms with E-state index in [1.54, 1.807) is 6.07 Å². The molecule has 2 aromatic heterocycles. The first-order chi connectivity index (χ1) is 19.0. The van der Waals surface area contributed by atoms with Crippen LogP contribution < -0.4 is 10.2 Å². The molecule has 3 aromatic rings. The number of carboxylic acid groups (broad SMARTS) is 1. The maximum absolute atomic E-state index is 11.5. The Kier molecular flexibility index (Phi) is 7.35. The van der Waals surface area contributed by atoms with Gasteiger partial charge in [0.1, 0.15) is 5.69 Å². The summed E-state index contributed by atoms with van der Waals surface area (Å²) in [6.07, 6.45) is 3.88. The van der Waals surface area contributed by atoms with Crippen LogP contribution >= 0.6 is 34.8 Å². The lowest BCUT2D eigenvalue weighted by Gasteiger charge is -2.52. The molecular formula is C29H34Cl3N5O3. The van der Waals surface area contributed by atoms with Crippen LogP contribution in [0.4, 0.5) is 11.7 Å². The number of anilines is 2. The molecule has 1 aromatic carbocycles. The Hall–Kier alpha value is -2.26. The number of carboxylic acids is 1. The van der Waals surface area contributed by atoms with Crippen molar-refractivity contribution in [2.45, 2.75) is 58.5 Å². The summed E-state index contributed by atoms with van der Waals surface area (Å²) in [5, 5.41) is 14.6. The molecule has 3 fully saturated rings. The third-order valence-corrected chi connectivity index (χ3v) is 10.2. The Morgan fingerprint density at radius 3 is 2.62 bits per heavy atom. The summed E-state index contributed by atoms with van der Waals surface area (Å²) in [6.45, 7) is 9.61. The lowest BCUT2D eigenvalue weighted by atomic mass is 9.65. The van der Waals surface area contributed by atoms with Gasteiger partial charge in [-0.2, -0.15) is 4.98 Å². The third-order valence-electron chi connectivity index (χ3n) is 9.17. The van der Waals surface area contributed by atoms with Crippen molar-refractivity contribution in [2.75, 3.05) is 36.4 Å². The number of rotatable bonds is 7. The number of pyridine rings is 1. The second-order valence-corrected chi connectivity index (χ2v) is 13.3. The first kappa shape index (κ1) is 27.9. The molecule has 2 saturated heterocycles. The SMILES string of the molecule is Cc1nc2nc(N3CC([C@H]4CCCN(C5CC(C)(C(=O)O)C5)C4)C3)oc2c(N[C@H](C)c2ccc(Cl)cc2Cl)c1Cl. The number of likely N-dealkylation sites (tertiary alicyclic amines) is 1. The molecule has 2 aliphatic heterocycles. The second-order valence-electron chi connectivity index (χ2n) is 12.1. The van der Waals surface area contributed by atoms with Crippen LogP contribution in [0.25, 0.3) is 11.2 Å². The van der Waals surface area contributed by atoms with E-state index in [-0.39, 0.29) is 6.04 Å². The van der Waals surface area contributed by atoms with E-state index in [0.717, 1.165) is 51.0 Å². The van der Waals surface area contributed by atoms with E-state index in [1.807, 2.05) is 32.9 Å². The van der Waals surface area contributed by atoms with Crippen LogP contribution in [0.1, 0.15) is 56.8 Å². The Morgan fingerprint density at radius 1 is 1.18 bits per heavy atom. The number of piperidine rings is 1. The van der Waals surface area contributed by atoms with Gasteiger partial charge in [-0.25, -0.2) is 4.98 Å². The summed E-state index contributed by atoms with van der Waals surface area (Å²) in [5.41, 5.74) is 2.71. The van der Waals surface area contributed by atoms with Gasteiger partial charge in [0.2, 0.25) is 5.65 Å². The van der Waals surface area contributed by atoms with E-state index >= 15 is 0 Å². The molecule has 40 heavy (non-hydrogen) atoms. The minimum absolute atomic E-state index is 0.160. The summed E-state index contributed by atoms with van der Waals surface area (Å²) in [5.74, 6) is 0.493. The van der Waals surface area contributed by atoms with Crippen LogP contribution in [0.2, 0.25) is 15.1 Å². The maximum atomic E-state index is 11.5. The fourth-order valence-electron chi connectivity index (χ4n) is 6.58. The van der Waals surface area contributed by atoms with Crippen molar-refractivity contribution in [2.24, 2.45) is 17.3 Å². The molecule has 8 nitrogen and oxygen atoms in total. The minimum atomic E-state index is -0.669. The summed E-state index contributed by atoms with van der Waals surface area (Å²) >= 11 is 19.2. The molecule has 0 amide bonds. The predicted molar refractivity (Wildman–Crippen MR) is 159 cm³/mol. The summed E-state index contributed by atoms with van der Waals surface area (Å²) in [6, 6.07) is 6.23. The van der Waals surface area contributed by atoms with Crippen molar-refractivity contribution in [3.8, 4) is 0 Å². The van der Waals surface area contributed by atoms with Gasteiger partial charge < -0.3 is 24.6 Å². The van der Waals surface area contributed by atoms with Crippen LogP contribution in [0, 0.1) is 24.2 Å². The van der Waals surface area contributed by atoms with Crippen molar-refractivity contribution in [1.29, 1.82) is 0 Å². The van der Waals surface area contributed by atoms with Gasteiger partial charge in [-0.05, 0) is 82.5 Å². The van der Waals surface area contributed by atoms with Crippen molar-refractivity contribution >= 4 is 63.7 Å². The number of halogens is 3. The highest BCUT2D eigenvalue weighted by molar-refractivity contribution is 6.35. The number of benzene rings is 1. The third kappa shape index (κ3) is 5.02. The van der Waals surface area contributed by atoms with E-state index in [0.29, 0.717) is 61.6 Å². The normalized spacial score (nSPS) is 26.4. The zero-order chi connectivity index (χ0) is 28.3. The van der Waals surface area contributed by atoms with Crippen molar-refractivity contribution in [1.82, 2.24) is 14.9 Å². The number of aliphatic carboxylic acids is 1. The Balaban J connectivity index is 1.13. The predicted octanol–water partition coefficient (Wildman–Crippen LogP) is 7.07. The fraction of sp³-hybridized carbons (Fsp3) is 0.552. The van der Waals surface area contributed by atoms with E-state index in [9.17, 15) is 9.90 Å². The average molecular weight is 607 g/mol. The van der Waals surface area contributed by atoms with Gasteiger partial charge in [-0.3, -0.25) is 4.79 Å². The molecule has 1 aliphatic carbocycles. The first-order valence-electron chi connectivity index (χ1n) is 13.9. The number of carbonyl (C=O) groups is 1. The number of nitrogens with one attached hydrogen (secondary N) is 1. The smallest absolute Gasteiger partial charge is 0.309 e. The van der Waals surface area contributed by atoms with Crippen molar-refractivity contribution in [3.05, 3.63) is 44.5 Å². The highest BCUT2D eigenvalue weighted by Gasteiger charge is 2.49. The highest BCUT2D eigenvalue weighted by Crippen LogP contribution is 2.46. The monoisotopic (exact) mass is 605 g/mol. The minimum Gasteiger partial charge on any atom is -0.481 e. The van der Waals surface area contributed by atoms with Gasteiger partial charge in [-0.15, -0.1) is 0 Å². The van der Waals surface area contributed by atoms with Crippen molar-refractivity contribution < 1.29 is 14.3 Å². The number of hydrogen-bond acceptors (Lipinski definition) is 7. The molecule has 6 rings (SSSR count). The molecule has 1 saturated carbocycles. The Bertz CT molecular complexity index is 1450. The standard InChI is InChI=1S/C29H34Cl3N5O3/c1-15(21-7-6-19(30)9-22(21)31)33-24-23(32)16(2)34-26-25(24)40-28(35-26)37-13-18(14-37)17-5-4-8-36(12-17)20-10-29(3,11-20)27(38)39/h6-7,9,15,17-18,20H,4-5,8,10-14H2,1-3H3,(H,33,34)(H,38,39)/t15-,17+,20?,29?/m1/s1. The number of fused-ring (bicyclic) bond motifs is 1. The Morgan fingerprint density at radius 2 is 1.93 bits per heavy atom. The number of oxazole rings is 1. The molecule has 2 N–H and O–H groups in total. The highest BCUT2D eigenvalue weighted by atomic mass is 35.5. The average Bonchev–Trinajstić information content (AvgIpc) is 3.26. The summed E-state index contributed by atoms with van der Waals surface area (Å²) in [7, 11) is 0. The zero-order valence-electron chi connectivity index (χ0n) is 22.9. The van der Waals surface area contributed by atoms with E-state index < -0.39 is 11.4 Å². The van der Waals surface area contributed by atoms with Crippen molar-refractivity contribution in [3.63, 3.8) is 0 Å². The lowest BCUT2D eigenvalue weighted by molar-refractivity contribution is -0.158. The molecule has 214 valence electrons. The molecule has 0 unspecified atom stereocenters. The van der Waals surface area contributed by atoms with Crippen LogP contribution in [0.3, 0.4) is 0 Å². The molecule has 4 heterocycles. The molecular weight excluding hydrogens is 573 g/mol. The maximum Gasteiger partial charge on any atom is 0.309 e. The number of aryl methyl sites for hydroxylation is 1. The fourth-order valence-corrected chi connectivity index (χ4v) is 7.33. The number of nitrogens with zero attached hydrogens (tertiary/aromatic N) is 4. The zero-order valence-corrected chi connectivity index (χ0v) is 25.2. The molecule has 11 heteroatoms. The van der Waals surface area contributed by atoms with Gasteiger partial charge in [0.25, 0.3) is 6.01 Å². The molecule has 0 spiro atoms. The molecule has 2 atom stereocenters. The largest absolute Gasteiger partial charge is 0.481 e. The van der Waals surface area contributed by atoms with Gasteiger partial charge in [0, 0.05) is 35.7 Å². The second kappa shape index (κ2) is 10.5. The first-order valence-corrected chi connectivity index (χ1v) is 15.1. The Labute approximate surface area is 249 Å². The van der Waals surface area contributed by atoms with Crippen LogP contribution in [-0.4, -0.2) is 58.2 Å². The van der Waals surface area contributed by atoms with E-state index in [4.69, 9.17) is 44.2 Å². The van der Waals surface area contributed by atoms with Gasteiger partial charge in [-0.1, -0.05) is 40.9 Å². The molecule has 0 radical (unpaired) electrons. The molecule has 0 bridgehead atoms. The summed E-state index contributed by atoms with van der Waals surface area (Å²) < 4.78 is 6.28. The molecule has 3 aliphatic rings. The number of hydrogen-bond donors (Lipinski definition) is 2. The van der Waals surface area contributed by atoms with Crippen LogP contribution in [0.15, 0.2) is 22.6 Å². The van der Waals surface area contributed by atoms with E-state index in [1.165, 1.54) is 6.42 Å². The number of aromatic nitrogens is 2. The summed E-state index contributed by atoms with van der Waals surface area (Å²) in [4.78, 5) is 25.5. The van der Waals surface area contributed by atoms with Gasteiger partial charge in [0.15, 0.2) is 5.58 Å².